The van der Waals surface area contributed by atoms with Crippen molar-refractivity contribution in [2.45, 2.75) is 12.5 Å². The average Bonchev–Trinajstić information content (AvgIpc) is 3.45. The summed E-state index contributed by atoms with van der Waals surface area (Å²) in [6.45, 7) is 0.0817. The number of benzene rings is 4. The van der Waals surface area contributed by atoms with Gasteiger partial charge < -0.3 is 19.0 Å². The zero-order valence-electron chi connectivity index (χ0n) is 22.4. The number of fused-ring (bicyclic) bond motifs is 6. The Hall–Kier alpha value is -5.44. The van der Waals surface area contributed by atoms with Gasteiger partial charge in [0, 0.05) is 22.4 Å². The second-order valence-electron chi connectivity index (χ2n) is 9.53. The van der Waals surface area contributed by atoms with Gasteiger partial charge in [-0.15, -0.1) is 5.10 Å². The van der Waals surface area contributed by atoms with E-state index in [0.717, 1.165) is 38.8 Å². The van der Waals surface area contributed by atoms with Crippen molar-refractivity contribution in [3.05, 3.63) is 119 Å². The van der Waals surface area contributed by atoms with Gasteiger partial charge in [0.1, 0.15) is 12.1 Å². The van der Waals surface area contributed by atoms with Gasteiger partial charge in [0.05, 0.1) is 26.0 Å². The number of hydrogen-bond donors (Lipinski definition) is 0. The van der Waals surface area contributed by atoms with E-state index in [2.05, 4.69) is 51.6 Å². The minimum Gasteiger partial charge on any atom is -0.493 e. The fraction of sp³-hybridized carbons (Fsp3) is 0.125. The summed E-state index contributed by atoms with van der Waals surface area (Å²) in [5, 5.41) is 10.8. The van der Waals surface area contributed by atoms with Crippen LogP contribution in [-0.2, 0) is 11.4 Å². The van der Waals surface area contributed by atoms with E-state index in [4.69, 9.17) is 24.0 Å². The molecule has 0 saturated carbocycles. The van der Waals surface area contributed by atoms with Crippen LogP contribution in [-0.4, -0.2) is 40.0 Å². The summed E-state index contributed by atoms with van der Waals surface area (Å²) in [6.07, 6.45) is 3.22. The van der Waals surface area contributed by atoms with Crippen LogP contribution in [0.5, 0.6) is 23.1 Å². The summed E-state index contributed by atoms with van der Waals surface area (Å²) in [7, 11) is 3.18. The highest BCUT2D eigenvalue weighted by Gasteiger charge is 2.34. The monoisotopic (exact) mass is 543 g/mol. The minimum absolute atomic E-state index is 0.0817. The highest BCUT2D eigenvalue weighted by atomic mass is 16.6. The molecule has 2 aromatic heterocycles. The number of methoxy groups -OCH3 is 2. The number of hydrogen-bond acceptors (Lipinski definition) is 8. The van der Waals surface area contributed by atoms with Crippen molar-refractivity contribution in [3.63, 3.8) is 0 Å². The highest BCUT2D eigenvalue weighted by Crippen LogP contribution is 2.50. The summed E-state index contributed by atoms with van der Waals surface area (Å²) in [6, 6.07) is 28.3. The Kier molecular flexibility index (Phi) is 6.16. The number of nitrogens with zero attached hydrogens (tertiary/aromatic N) is 5. The Balaban J connectivity index is 1.23. The molecule has 1 unspecified atom stereocenters. The maximum atomic E-state index is 6.48. The third kappa shape index (κ3) is 4.37. The molecule has 0 saturated heterocycles. The van der Waals surface area contributed by atoms with Crippen LogP contribution in [0, 0.1) is 0 Å². The summed E-state index contributed by atoms with van der Waals surface area (Å²) in [4.78, 5) is 15.0. The molecule has 9 nitrogen and oxygen atoms in total. The molecule has 0 bridgehead atoms. The molecule has 4 aromatic carbocycles. The number of ether oxygens (including phenoxy) is 3. The van der Waals surface area contributed by atoms with Crippen LogP contribution in [0.3, 0.4) is 0 Å². The molecule has 0 spiro atoms. The van der Waals surface area contributed by atoms with E-state index in [1.54, 1.807) is 31.3 Å². The van der Waals surface area contributed by atoms with Crippen molar-refractivity contribution in [3.8, 4) is 23.1 Å². The smallest absolute Gasteiger partial charge is 0.228 e. The van der Waals surface area contributed by atoms with Gasteiger partial charge in [0.25, 0.3) is 0 Å². The van der Waals surface area contributed by atoms with Crippen LogP contribution in [0.4, 0.5) is 0 Å². The largest absolute Gasteiger partial charge is 0.493 e. The Morgan fingerprint density at radius 2 is 1.76 bits per heavy atom. The predicted octanol–water partition coefficient (Wildman–Crippen LogP) is 6.13. The Morgan fingerprint density at radius 1 is 0.927 bits per heavy atom. The van der Waals surface area contributed by atoms with Gasteiger partial charge in [0.15, 0.2) is 29.6 Å². The van der Waals surface area contributed by atoms with Gasteiger partial charge in [-0.05, 0) is 29.1 Å². The molecule has 0 fully saturated rings. The van der Waals surface area contributed by atoms with Crippen molar-refractivity contribution >= 4 is 22.6 Å². The first-order valence-corrected chi connectivity index (χ1v) is 13.1. The molecule has 9 heteroatoms. The van der Waals surface area contributed by atoms with Crippen LogP contribution in [0.2, 0.25) is 0 Å². The lowest BCUT2D eigenvalue weighted by Crippen LogP contribution is -2.15. The van der Waals surface area contributed by atoms with E-state index >= 15 is 0 Å². The first-order valence-electron chi connectivity index (χ1n) is 13.1. The molecule has 1 atom stereocenters. The van der Waals surface area contributed by atoms with Crippen LogP contribution >= 0.6 is 0 Å². The number of rotatable bonds is 7. The van der Waals surface area contributed by atoms with Gasteiger partial charge in [-0.3, -0.25) is 0 Å². The summed E-state index contributed by atoms with van der Waals surface area (Å²) >= 11 is 0. The summed E-state index contributed by atoms with van der Waals surface area (Å²) in [5.41, 5.74) is 4.48. The third-order valence-electron chi connectivity index (χ3n) is 7.15. The molecule has 0 amide bonds. The Labute approximate surface area is 235 Å². The normalized spacial score (nSPS) is 14.0. The third-order valence-corrected chi connectivity index (χ3v) is 7.15. The maximum Gasteiger partial charge on any atom is 0.228 e. The van der Waals surface area contributed by atoms with E-state index < -0.39 is 0 Å². The quantitative estimate of drug-likeness (QED) is 0.176. The molecule has 1 aliphatic heterocycles. The van der Waals surface area contributed by atoms with Gasteiger partial charge in [-0.25, -0.2) is 14.5 Å². The zero-order valence-corrected chi connectivity index (χ0v) is 22.4. The van der Waals surface area contributed by atoms with Gasteiger partial charge in [0.2, 0.25) is 5.88 Å². The molecule has 0 radical (unpaired) electrons. The van der Waals surface area contributed by atoms with E-state index in [1.807, 2.05) is 48.5 Å². The molecule has 3 heterocycles. The van der Waals surface area contributed by atoms with Crippen molar-refractivity contribution in [2.75, 3.05) is 14.2 Å². The van der Waals surface area contributed by atoms with Crippen LogP contribution < -0.4 is 14.2 Å². The lowest BCUT2D eigenvalue weighted by molar-refractivity contribution is 0.126. The van der Waals surface area contributed by atoms with Crippen LogP contribution in [0.25, 0.3) is 16.4 Å². The molecule has 7 rings (SSSR count). The van der Waals surface area contributed by atoms with E-state index in [9.17, 15) is 0 Å². The minimum atomic E-state index is -0.142. The second kappa shape index (κ2) is 10.3. The van der Waals surface area contributed by atoms with Crippen molar-refractivity contribution in [1.82, 2.24) is 19.6 Å². The number of aromatic nitrogens is 4. The zero-order chi connectivity index (χ0) is 27.8. The molecule has 6 aromatic rings. The molecule has 1 aliphatic rings. The summed E-state index contributed by atoms with van der Waals surface area (Å²) in [5.74, 6) is 2.92. The van der Waals surface area contributed by atoms with E-state index in [-0.39, 0.29) is 12.5 Å². The lowest BCUT2D eigenvalue weighted by Gasteiger charge is -2.28. The maximum absolute atomic E-state index is 6.48. The topological polar surface area (TPSA) is 92.4 Å². The van der Waals surface area contributed by atoms with Crippen molar-refractivity contribution in [1.29, 1.82) is 0 Å². The number of oxime groups is 1. The molecular formula is C32H25N5O4. The first-order chi connectivity index (χ1) is 20.2. The van der Waals surface area contributed by atoms with E-state index in [0.29, 0.717) is 28.9 Å². The standard InChI is InChI=1S/C32H25N5O4/c1-38-25-15-12-20(16-26(25)39-2)17-34-40-18-27-35-31-29-28(22-9-4-3-5-10-22)24-14-13-21-8-6-7-11-23(21)30(24)41-32(29)33-19-37(31)36-27/h3-17,19,28H,18H2,1-2H3. The average molecular weight is 544 g/mol. The highest BCUT2D eigenvalue weighted by molar-refractivity contribution is 5.91. The fourth-order valence-electron chi connectivity index (χ4n) is 5.27. The molecule has 202 valence electrons. The SMILES string of the molecule is COc1ccc(C=NOCc2nc3c4c(ncn3n2)Oc2c(ccc3ccccc23)C4c2ccccc2)cc1OC. The molecule has 0 aliphatic carbocycles. The summed E-state index contributed by atoms with van der Waals surface area (Å²) < 4.78 is 18.8. The van der Waals surface area contributed by atoms with Crippen LogP contribution in [0.1, 0.15) is 34.0 Å². The molecular weight excluding hydrogens is 518 g/mol. The van der Waals surface area contributed by atoms with E-state index in [1.165, 1.54) is 0 Å². The van der Waals surface area contributed by atoms with Crippen LogP contribution in [0.15, 0.2) is 96.4 Å². The fourth-order valence-corrected chi connectivity index (χ4v) is 5.27. The molecule has 41 heavy (non-hydrogen) atoms. The first kappa shape index (κ1) is 24.6. The van der Waals surface area contributed by atoms with Gasteiger partial charge in [-0.2, -0.15) is 0 Å². The lowest BCUT2D eigenvalue weighted by atomic mass is 9.83. The van der Waals surface area contributed by atoms with Gasteiger partial charge in [-0.1, -0.05) is 71.9 Å². The van der Waals surface area contributed by atoms with Gasteiger partial charge >= 0.3 is 0 Å². The van der Waals surface area contributed by atoms with Crippen molar-refractivity contribution in [2.24, 2.45) is 5.16 Å². The Morgan fingerprint density at radius 3 is 2.61 bits per heavy atom. The predicted molar refractivity (Wildman–Crippen MR) is 154 cm³/mol. The molecule has 0 N–H and O–H groups in total. The second-order valence-corrected chi connectivity index (χ2v) is 9.53. The van der Waals surface area contributed by atoms with Crippen molar-refractivity contribution < 1.29 is 19.0 Å². The Bertz CT molecular complexity index is 1920.